The van der Waals surface area contributed by atoms with E-state index in [1.165, 1.54) is 0 Å². The highest BCUT2D eigenvalue weighted by atomic mass is 32.2. The Hall–Kier alpha value is -1.86. The van der Waals surface area contributed by atoms with Crippen molar-refractivity contribution in [1.82, 2.24) is 4.57 Å². The van der Waals surface area contributed by atoms with Crippen LogP contribution >= 0.6 is 0 Å². The molecule has 0 spiro atoms. The predicted octanol–water partition coefficient (Wildman–Crippen LogP) is 0.303. The average molecular weight is 296 g/mol. The molecule has 0 aliphatic rings. The van der Waals surface area contributed by atoms with Crippen LogP contribution in [0.15, 0.2) is 36.7 Å². The van der Waals surface area contributed by atoms with E-state index in [1.54, 1.807) is 24.3 Å². The molecule has 7 heteroatoms. The lowest BCUT2D eigenvalue weighted by Crippen LogP contribution is -2.34. The summed E-state index contributed by atoms with van der Waals surface area (Å²) in [6.45, 7) is 0. The van der Waals surface area contributed by atoms with E-state index in [0.717, 1.165) is 12.1 Å². The van der Waals surface area contributed by atoms with Crippen LogP contribution in [0, 0.1) is 0 Å². The molecular formula is C13H18N3O3S+. The number of rotatable bonds is 4. The van der Waals surface area contributed by atoms with Crippen molar-refractivity contribution in [3.05, 3.63) is 48.0 Å². The fraction of sp³-hybridized carbons (Fsp3) is 0.308. The van der Waals surface area contributed by atoms with Gasteiger partial charge in [0.25, 0.3) is 5.82 Å². The number of hydrogen-bond acceptors (Lipinski definition) is 3. The second kappa shape index (κ2) is 5.26. The molecule has 1 aromatic carbocycles. The minimum absolute atomic E-state index is 0.472. The topological polar surface area (TPSA) is 75.2 Å². The lowest BCUT2D eigenvalue weighted by molar-refractivity contribution is -0.681. The first-order chi connectivity index (χ1) is 9.28. The number of benzene rings is 1. The molecule has 1 atom stereocenters. The summed E-state index contributed by atoms with van der Waals surface area (Å²) < 4.78 is 28.3. The van der Waals surface area contributed by atoms with Gasteiger partial charge in [0.2, 0.25) is 10.0 Å². The SMILES string of the molecule is Cn1cc[n+](C)c1C(O)c1ccc(NS(C)(=O)=O)cc1. The third kappa shape index (κ3) is 3.17. The smallest absolute Gasteiger partial charge is 0.290 e. The van der Waals surface area contributed by atoms with E-state index in [1.807, 2.05) is 35.6 Å². The molecule has 2 aromatic rings. The van der Waals surface area contributed by atoms with Gasteiger partial charge in [0.15, 0.2) is 6.10 Å². The second-order valence-corrected chi connectivity index (χ2v) is 6.53. The summed E-state index contributed by atoms with van der Waals surface area (Å²) in [6, 6.07) is 6.65. The number of nitrogens with zero attached hydrogens (tertiary/aromatic N) is 2. The summed E-state index contributed by atoms with van der Waals surface area (Å²) in [5.74, 6) is 0.744. The van der Waals surface area contributed by atoms with Crippen LogP contribution in [0.1, 0.15) is 17.5 Å². The summed E-state index contributed by atoms with van der Waals surface area (Å²) in [5, 5.41) is 10.4. The molecule has 2 rings (SSSR count). The predicted molar refractivity (Wildman–Crippen MR) is 75.6 cm³/mol. The van der Waals surface area contributed by atoms with Crippen LogP contribution in [0.5, 0.6) is 0 Å². The third-order valence-electron chi connectivity index (χ3n) is 3.01. The standard InChI is InChI=1S/C13H18N3O3S/c1-15-8-9-16(2)13(15)12(17)10-4-6-11(7-5-10)14-20(3,18)19/h4-9,12,14,17H,1-3H3/q+1. The molecule has 0 amide bonds. The number of hydrogen-bond donors (Lipinski definition) is 2. The van der Waals surface area contributed by atoms with Gasteiger partial charge in [-0.15, -0.1) is 0 Å². The fourth-order valence-electron chi connectivity index (χ4n) is 2.08. The number of aromatic nitrogens is 2. The summed E-state index contributed by atoms with van der Waals surface area (Å²) in [5.41, 5.74) is 1.17. The number of anilines is 1. The van der Waals surface area contributed by atoms with Gasteiger partial charge in [-0.1, -0.05) is 12.1 Å². The third-order valence-corrected chi connectivity index (χ3v) is 3.62. The Labute approximate surface area is 118 Å². The Morgan fingerprint density at radius 3 is 2.35 bits per heavy atom. The largest absolute Gasteiger partial charge is 0.376 e. The maximum absolute atomic E-state index is 11.1. The van der Waals surface area contributed by atoms with E-state index in [-0.39, 0.29) is 0 Å². The van der Waals surface area contributed by atoms with Crippen LogP contribution in [0.25, 0.3) is 0 Å². The van der Waals surface area contributed by atoms with Crippen LogP contribution in [0.3, 0.4) is 0 Å². The molecule has 0 saturated heterocycles. The number of aryl methyl sites for hydroxylation is 2. The number of sulfonamides is 1. The van der Waals surface area contributed by atoms with Crippen molar-refractivity contribution in [2.45, 2.75) is 6.10 Å². The van der Waals surface area contributed by atoms with Crippen LogP contribution < -0.4 is 9.29 Å². The van der Waals surface area contributed by atoms with Gasteiger partial charge in [-0.25, -0.2) is 17.6 Å². The summed E-state index contributed by atoms with van der Waals surface area (Å²) >= 11 is 0. The van der Waals surface area contributed by atoms with Crippen LogP contribution in [0.4, 0.5) is 5.69 Å². The average Bonchev–Trinajstić information content (AvgIpc) is 2.67. The molecule has 6 nitrogen and oxygen atoms in total. The molecule has 2 N–H and O–H groups in total. The summed E-state index contributed by atoms with van der Waals surface area (Å²) in [6.07, 6.45) is 4.04. The van der Waals surface area contributed by atoms with Gasteiger partial charge in [-0.3, -0.25) is 4.72 Å². The van der Waals surface area contributed by atoms with E-state index < -0.39 is 16.1 Å². The van der Waals surface area contributed by atoms with E-state index in [0.29, 0.717) is 11.3 Å². The van der Waals surface area contributed by atoms with Crippen molar-refractivity contribution in [3.63, 3.8) is 0 Å². The van der Waals surface area contributed by atoms with Gasteiger partial charge >= 0.3 is 0 Å². The minimum atomic E-state index is -3.29. The van der Waals surface area contributed by atoms with E-state index in [4.69, 9.17) is 0 Å². The van der Waals surface area contributed by atoms with Crippen molar-refractivity contribution in [2.75, 3.05) is 11.0 Å². The molecule has 1 aromatic heterocycles. The van der Waals surface area contributed by atoms with E-state index in [9.17, 15) is 13.5 Å². The Kier molecular flexibility index (Phi) is 3.82. The van der Waals surface area contributed by atoms with Gasteiger partial charge in [0.05, 0.1) is 20.4 Å². The Balaban J connectivity index is 2.26. The van der Waals surface area contributed by atoms with Gasteiger partial charge in [-0.05, 0) is 17.7 Å². The van der Waals surface area contributed by atoms with Gasteiger partial charge < -0.3 is 5.11 Å². The molecule has 108 valence electrons. The molecular weight excluding hydrogens is 278 g/mol. The molecule has 0 radical (unpaired) electrons. The quantitative estimate of drug-likeness (QED) is 0.797. The zero-order valence-electron chi connectivity index (χ0n) is 11.6. The second-order valence-electron chi connectivity index (χ2n) is 4.78. The lowest BCUT2D eigenvalue weighted by atomic mass is 10.1. The number of aliphatic hydroxyl groups is 1. The van der Waals surface area contributed by atoms with Crippen molar-refractivity contribution in [3.8, 4) is 0 Å². The minimum Gasteiger partial charge on any atom is -0.376 e. The van der Waals surface area contributed by atoms with Crippen molar-refractivity contribution < 1.29 is 18.1 Å². The number of imidazole rings is 1. The molecule has 0 bridgehead atoms. The molecule has 0 fully saturated rings. The molecule has 0 saturated carbocycles. The Morgan fingerprint density at radius 2 is 1.90 bits per heavy atom. The number of aliphatic hydroxyl groups excluding tert-OH is 1. The normalized spacial score (nSPS) is 13.2. The van der Waals surface area contributed by atoms with Gasteiger partial charge in [-0.2, -0.15) is 0 Å². The van der Waals surface area contributed by atoms with Crippen LogP contribution in [-0.2, 0) is 24.1 Å². The summed E-state index contributed by atoms with van der Waals surface area (Å²) in [7, 11) is 0.431. The highest BCUT2D eigenvalue weighted by molar-refractivity contribution is 7.92. The maximum Gasteiger partial charge on any atom is 0.290 e. The Morgan fingerprint density at radius 1 is 1.30 bits per heavy atom. The van der Waals surface area contributed by atoms with E-state index in [2.05, 4.69) is 4.72 Å². The zero-order valence-corrected chi connectivity index (χ0v) is 12.4. The lowest BCUT2D eigenvalue weighted by Gasteiger charge is -2.10. The monoisotopic (exact) mass is 296 g/mol. The van der Waals surface area contributed by atoms with Crippen LogP contribution in [-0.4, -0.2) is 24.3 Å². The highest BCUT2D eigenvalue weighted by Crippen LogP contribution is 2.21. The van der Waals surface area contributed by atoms with Crippen LogP contribution in [0.2, 0.25) is 0 Å². The molecule has 1 heterocycles. The van der Waals surface area contributed by atoms with Crippen molar-refractivity contribution in [1.29, 1.82) is 0 Å². The molecule has 0 aliphatic carbocycles. The first-order valence-electron chi connectivity index (χ1n) is 6.04. The molecule has 20 heavy (non-hydrogen) atoms. The zero-order chi connectivity index (χ0) is 14.9. The van der Waals surface area contributed by atoms with Gasteiger partial charge in [0.1, 0.15) is 12.4 Å². The molecule has 0 aliphatic heterocycles. The fourth-order valence-corrected chi connectivity index (χ4v) is 2.65. The van der Waals surface area contributed by atoms with Crippen molar-refractivity contribution in [2.24, 2.45) is 14.1 Å². The summed E-state index contributed by atoms with van der Waals surface area (Å²) in [4.78, 5) is 0. The molecule has 1 unspecified atom stereocenters. The van der Waals surface area contributed by atoms with E-state index >= 15 is 0 Å². The van der Waals surface area contributed by atoms with Crippen molar-refractivity contribution >= 4 is 15.7 Å². The maximum atomic E-state index is 11.1. The first kappa shape index (κ1) is 14.5. The number of nitrogens with one attached hydrogen (secondary N) is 1. The first-order valence-corrected chi connectivity index (χ1v) is 7.94. The van der Waals surface area contributed by atoms with Gasteiger partial charge in [0, 0.05) is 5.69 Å². The highest BCUT2D eigenvalue weighted by Gasteiger charge is 2.23. The Bertz CT molecular complexity index is 685.